The minimum absolute atomic E-state index is 0.443. The second kappa shape index (κ2) is 20.1. The van der Waals surface area contributed by atoms with Crippen molar-refractivity contribution < 1.29 is 18.9 Å². The van der Waals surface area contributed by atoms with Gasteiger partial charge in [0.2, 0.25) is 0 Å². The molecule has 0 saturated heterocycles. The maximum absolute atomic E-state index is 5.93. The summed E-state index contributed by atoms with van der Waals surface area (Å²) in [5, 5.41) is 2.43. The van der Waals surface area contributed by atoms with Gasteiger partial charge in [0.1, 0.15) is 24.7 Å². The molecule has 0 aliphatic carbocycles. The normalized spacial score (nSPS) is 11.3. The molecule has 8 nitrogen and oxygen atoms in total. The van der Waals surface area contributed by atoms with E-state index in [1.165, 1.54) is 10.8 Å². The van der Waals surface area contributed by atoms with E-state index in [2.05, 4.69) is 93.8 Å². The molecule has 8 heteroatoms. The van der Waals surface area contributed by atoms with Crippen molar-refractivity contribution in [1.29, 1.82) is 0 Å². The van der Waals surface area contributed by atoms with E-state index < -0.39 is 0 Å². The van der Waals surface area contributed by atoms with Gasteiger partial charge in [-0.1, -0.05) is 98.1 Å². The molecule has 2 aromatic heterocycles. The van der Waals surface area contributed by atoms with E-state index in [4.69, 9.17) is 18.9 Å². The molecule has 0 fully saturated rings. The Bertz CT molecular complexity index is 2160. The highest BCUT2D eigenvalue weighted by atomic mass is 16.5. The molecule has 272 valence electrons. The minimum atomic E-state index is 0.443. The van der Waals surface area contributed by atoms with Crippen LogP contribution >= 0.6 is 0 Å². The molecule has 2 heterocycles. The van der Waals surface area contributed by atoms with Crippen molar-refractivity contribution in [3.8, 4) is 11.5 Å². The zero-order valence-corrected chi connectivity index (χ0v) is 30.3. The number of benzene rings is 4. The molecule has 0 amide bonds. The fourth-order valence-electron chi connectivity index (χ4n) is 5.51. The quantitative estimate of drug-likeness (QED) is 0.0578. The number of hydrogen-bond donors (Lipinski definition) is 0. The summed E-state index contributed by atoms with van der Waals surface area (Å²) in [6.45, 7) is 11.8. The first-order chi connectivity index (χ1) is 26.6. The van der Waals surface area contributed by atoms with Crippen molar-refractivity contribution in [1.82, 2.24) is 9.97 Å². The minimum Gasteiger partial charge on any atom is -0.487 e. The monoisotopic (exact) mass is 716 g/mol. The molecule has 0 aliphatic rings. The summed E-state index contributed by atoms with van der Waals surface area (Å²) >= 11 is 0. The maximum atomic E-state index is 5.93. The predicted octanol–water partition coefficient (Wildman–Crippen LogP) is 9.35. The molecule has 0 unspecified atom stereocenters. The summed E-state index contributed by atoms with van der Waals surface area (Å²) in [5.41, 5.74) is 7.98. The number of aliphatic imine (C=N–C) groups is 2. The Morgan fingerprint density at radius 3 is 1.56 bits per heavy atom. The first-order valence-electron chi connectivity index (χ1n) is 17.9. The molecule has 6 aromatic rings. The lowest BCUT2D eigenvalue weighted by atomic mass is 10.0. The zero-order valence-electron chi connectivity index (χ0n) is 30.3. The summed E-state index contributed by atoms with van der Waals surface area (Å²) in [4.78, 5) is 17.8. The van der Waals surface area contributed by atoms with Crippen molar-refractivity contribution in [2.24, 2.45) is 9.98 Å². The second-order valence-corrected chi connectivity index (χ2v) is 12.5. The second-order valence-electron chi connectivity index (χ2n) is 12.5. The van der Waals surface area contributed by atoms with E-state index in [9.17, 15) is 0 Å². The smallest absolute Gasteiger partial charge is 0.138 e. The lowest BCUT2D eigenvalue weighted by molar-refractivity contribution is 0.126. The number of hydrogen-bond acceptors (Lipinski definition) is 8. The van der Waals surface area contributed by atoms with Gasteiger partial charge in [-0.05, 0) is 80.6 Å². The SMILES string of the molecule is C=Cc1ccc(COc2ccc(C=NCCOCc3ccc(COCCN=Cc4ccc(OCc5ccc6ccccc6c5)cn4)cc3)nc2)cc1C=C. The van der Waals surface area contributed by atoms with Crippen LogP contribution in [0.15, 0.2) is 145 Å². The third kappa shape index (κ3) is 11.6. The van der Waals surface area contributed by atoms with E-state index in [0.29, 0.717) is 58.5 Å². The number of fused-ring (bicyclic) bond motifs is 1. The van der Waals surface area contributed by atoms with Crippen LogP contribution in [0.2, 0.25) is 0 Å². The first-order valence-corrected chi connectivity index (χ1v) is 17.9. The van der Waals surface area contributed by atoms with Gasteiger partial charge >= 0.3 is 0 Å². The molecule has 0 aliphatic heterocycles. The topological polar surface area (TPSA) is 87.4 Å². The highest BCUT2D eigenvalue weighted by Crippen LogP contribution is 2.19. The van der Waals surface area contributed by atoms with Crippen LogP contribution in [0.4, 0.5) is 0 Å². The fourth-order valence-corrected chi connectivity index (χ4v) is 5.51. The van der Waals surface area contributed by atoms with Crippen molar-refractivity contribution in [3.63, 3.8) is 0 Å². The van der Waals surface area contributed by atoms with E-state index in [0.717, 1.165) is 50.5 Å². The largest absolute Gasteiger partial charge is 0.487 e. The van der Waals surface area contributed by atoms with Crippen molar-refractivity contribution >= 4 is 35.4 Å². The number of ether oxygens (including phenoxy) is 4. The summed E-state index contributed by atoms with van der Waals surface area (Å²) < 4.78 is 23.4. The van der Waals surface area contributed by atoms with Crippen LogP contribution < -0.4 is 9.47 Å². The Hall–Kier alpha value is -6.22. The molecule has 0 spiro atoms. The highest BCUT2D eigenvalue weighted by molar-refractivity contribution is 5.83. The number of nitrogens with zero attached hydrogens (tertiary/aromatic N) is 4. The third-order valence-electron chi connectivity index (χ3n) is 8.47. The molecule has 0 bridgehead atoms. The summed E-state index contributed by atoms with van der Waals surface area (Å²) in [7, 11) is 0. The van der Waals surface area contributed by atoms with E-state index >= 15 is 0 Å². The Morgan fingerprint density at radius 2 is 1.02 bits per heavy atom. The predicted molar refractivity (Wildman–Crippen MR) is 218 cm³/mol. The van der Waals surface area contributed by atoms with Crippen molar-refractivity contribution in [3.05, 3.63) is 180 Å². The van der Waals surface area contributed by atoms with Gasteiger partial charge in [-0.2, -0.15) is 0 Å². The molecule has 0 N–H and O–H groups in total. The van der Waals surface area contributed by atoms with Gasteiger partial charge in [-0.25, -0.2) is 0 Å². The van der Waals surface area contributed by atoms with Gasteiger partial charge in [0.15, 0.2) is 0 Å². The van der Waals surface area contributed by atoms with Gasteiger partial charge in [-0.3, -0.25) is 20.0 Å². The van der Waals surface area contributed by atoms with Crippen LogP contribution in [0.25, 0.3) is 22.9 Å². The molecule has 6 rings (SSSR count). The number of aromatic nitrogens is 2. The fraction of sp³-hybridized carbons (Fsp3) is 0.174. The zero-order chi connectivity index (χ0) is 37.2. The van der Waals surface area contributed by atoms with E-state index in [1.54, 1.807) is 24.8 Å². The van der Waals surface area contributed by atoms with E-state index in [1.807, 2.05) is 60.7 Å². The lowest BCUT2D eigenvalue weighted by Crippen LogP contribution is -2.01. The van der Waals surface area contributed by atoms with Gasteiger partial charge in [0.05, 0.1) is 63.3 Å². The molecule has 4 aromatic carbocycles. The molecule has 54 heavy (non-hydrogen) atoms. The Morgan fingerprint density at radius 1 is 0.500 bits per heavy atom. The first kappa shape index (κ1) is 37.5. The molecular formula is C46H44N4O4. The molecular weight excluding hydrogens is 673 g/mol. The van der Waals surface area contributed by atoms with Crippen LogP contribution in [-0.2, 0) is 35.9 Å². The average molecular weight is 717 g/mol. The van der Waals surface area contributed by atoms with Gasteiger partial charge in [0, 0.05) is 12.4 Å². The summed E-state index contributed by atoms with van der Waals surface area (Å²) in [6.07, 6.45) is 10.6. The maximum Gasteiger partial charge on any atom is 0.138 e. The van der Waals surface area contributed by atoms with E-state index in [-0.39, 0.29) is 0 Å². The average Bonchev–Trinajstić information content (AvgIpc) is 3.23. The molecule has 0 saturated carbocycles. The van der Waals surface area contributed by atoms with Crippen LogP contribution in [0.3, 0.4) is 0 Å². The van der Waals surface area contributed by atoms with Gasteiger partial charge in [-0.15, -0.1) is 0 Å². The van der Waals surface area contributed by atoms with Crippen LogP contribution in [0, 0.1) is 0 Å². The summed E-state index contributed by atoms with van der Waals surface area (Å²) in [6, 6.07) is 36.6. The van der Waals surface area contributed by atoms with Crippen LogP contribution in [-0.4, -0.2) is 48.7 Å². The molecule has 0 radical (unpaired) electrons. The Balaban J connectivity index is 0.806. The Labute approximate surface area is 317 Å². The van der Waals surface area contributed by atoms with Crippen molar-refractivity contribution in [2.75, 3.05) is 26.3 Å². The Kier molecular flexibility index (Phi) is 14.0. The number of pyridine rings is 2. The third-order valence-corrected chi connectivity index (χ3v) is 8.47. The number of rotatable bonds is 20. The van der Waals surface area contributed by atoms with Gasteiger partial charge < -0.3 is 18.9 Å². The van der Waals surface area contributed by atoms with Gasteiger partial charge in [0.25, 0.3) is 0 Å². The lowest BCUT2D eigenvalue weighted by Gasteiger charge is -2.08. The molecule has 0 atom stereocenters. The standard InChI is InChI=1S/C46H44N4O4/c1-3-39-15-13-37(25-40(39)4-2)33-53-45-19-17-43(49-29-45)27-47-21-23-51-31-35-9-11-36(12-10-35)32-52-24-22-48-28-44-18-20-46(30-50-44)54-34-38-14-16-41-7-5-6-8-42(41)26-38/h3-20,25-30H,1-2,21-24,31-34H2. The summed E-state index contributed by atoms with van der Waals surface area (Å²) in [5.74, 6) is 1.42. The highest BCUT2D eigenvalue weighted by Gasteiger charge is 2.03. The van der Waals surface area contributed by atoms with Crippen molar-refractivity contribution in [2.45, 2.75) is 26.4 Å². The van der Waals surface area contributed by atoms with Crippen LogP contribution in [0.5, 0.6) is 11.5 Å². The van der Waals surface area contributed by atoms with Crippen LogP contribution in [0.1, 0.15) is 44.8 Å².